The number of ether oxygens (including phenoxy) is 2. The van der Waals surface area contributed by atoms with E-state index in [2.05, 4.69) is 27.9 Å². The lowest BCUT2D eigenvalue weighted by Crippen LogP contribution is -2.87. The molecule has 1 fully saturated rings. The molecule has 0 radical (unpaired) electrons. The Bertz CT molecular complexity index is 898. The molecule has 1 saturated heterocycles. The van der Waals surface area contributed by atoms with Crippen LogP contribution < -0.4 is 5.32 Å². The maximum Gasteiger partial charge on any atom is 0.341 e. The summed E-state index contributed by atoms with van der Waals surface area (Å²) in [5.41, 5.74) is 0.587. The number of halogens is 2. The lowest BCUT2D eigenvalue weighted by atomic mass is 9.84. The van der Waals surface area contributed by atoms with E-state index in [9.17, 15) is 14.7 Å². The Morgan fingerprint density at radius 3 is 2.50 bits per heavy atom. The summed E-state index contributed by atoms with van der Waals surface area (Å²) in [6.07, 6.45) is 2.09. The van der Waals surface area contributed by atoms with E-state index in [1.54, 1.807) is 12.1 Å². The number of carbonyl (C=O) groups excluding carboxylic acids is 2. The molecule has 30 heavy (non-hydrogen) atoms. The summed E-state index contributed by atoms with van der Waals surface area (Å²) in [7, 11) is 0. The summed E-state index contributed by atoms with van der Waals surface area (Å²) >= 11 is 4.05. The van der Waals surface area contributed by atoms with E-state index in [1.807, 2.05) is 52.9 Å². The molecule has 0 bridgehead atoms. The second kappa shape index (κ2) is 10.8. The number of esters is 2. The molecule has 0 unspecified atom stereocenters. The van der Waals surface area contributed by atoms with Crippen molar-refractivity contribution in [3.05, 3.63) is 60.7 Å². The molecule has 6 nitrogen and oxygen atoms in total. The van der Waals surface area contributed by atoms with E-state index in [-0.39, 0.29) is 30.3 Å². The minimum absolute atomic E-state index is 0.0840. The zero-order valence-corrected chi connectivity index (χ0v) is 20.7. The first-order valence-electron chi connectivity index (χ1n) is 9.85. The van der Waals surface area contributed by atoms with Crippen LogP contribution in [0.1, 0.15) is 41.6 Å². The molecule has 0 aliphatic carbocycles. The zero-order chi connectivity index (χ0) is 21.6. The summed E-state index contributed by atoms with van der Waals surface area (Å²) in [4.78, 5) is 24.8. The third-order valence-electron chi connectivity index (χ3n) is 5.12. The number of carbonyl (C=O) groups is 2. The van der Waals surface area contributed by atoms with Crippen LogP contribution in [-0.2, 0) is 19.9 Å². The molecule has 2 aromatic rings. The fourth-order valence-electron chi connectivity index (χ4n) is 3.58. The molecule has 0 amide bonds. The predicted molar refractivity (Wildman–Crippen MR) is 128 cm³/mol. The molecule has 3 rings (SSSR count). The number of quaternary nitrogens is 1. The highest BCUT2D eigenvalue weighted by Gasteiger charge is 2.39. The van der Waals surface area contributed by atoms with Gasteiger partial charge >= 0.3 is 11.9 Å². The van der Waals surface area contributed by atoms with Gasteiger partial charge in [-0.05, 0) is 69.3 Å². The normalized spacial score (nSPS) is 15.4. The lowest BCUT2D eigenvalue weighted by Gasteiger charge is -2.36. The van der Waals surface area contributed by atoms with Gasteiger partial charge in [0.05, 0.1) is 23.3 Å². The molecular formula is C22H24I2NO5+. The van der Waals surface area contributed by atoms with Crippen LogP contribution in [0.25, 0.3) is 0 Å². The van der Waals surface area contributed by atoms with Crippen molar-refractivity contribution in [3.8, 4) is 5.75 Å². The highest BCUT2D eigenvalue weighted by atomic mass is 127. The largest absolute Gasteiger partial charge is 0.506 e. The van der Waals surface area contributed by atoms with E-state index in [1.165, 1.54) is 0 Å². The molecule has 0 atom stereocenters. The number of rotatable bonds is 7. The smallest absolute Gasteiger partial charge is 0.341 e. The van der Waals surface area contributed by atoms with Crippen molar-refractivity contribution in [1.29, 1.82) is 0 Å². The highest BCUT2D eigenvalue weighted by Crippen LogP contribution is 2.34. The number of benzene rings is 2. The Labute approximate surface area is 203 Å². The van der Waals surface area contributed by atoms with Crippen molar-refractivity contribution in [3.63, 3.8) is 0 Å². The van der Waals surface area contributed by atoms with E-state index in [4.69, 9.17) is 9.47 Å². The maximum absolute atomic E-state index is 12.5. The number of aromatic hydroxyl groups is 1. The molecule has 0 spiro atoms. The van der Waals surface area contributed by atoms with Gasteiger partial charge in [-0.3, -0.25) is 4.79 Å². The van der Waals surface area contributed by atoms with Gasteiger partial charge in [0.2, 0.25) is 0 Å². The van der Waals surface area contributed by atoms with Gasteiger partial charge < -0.3 is 19.9 Å². The molecule has 3 N–H and O–H groups in total. The van der Waals surface area contributed by atoms with Crippen molar-refractivity contribution in [2.75, 3.05) is 19.7 Å². The van der Waals surface area contributed by atoms with Gasteiger partial charge in [0.15, 0.2) is 0 Å². The Morgan fingerprint density at radius 1 is 1.10 bits per heavy atom. The van der Waals surface area contributed by atoms with Crippen LogP contribution >= 0.6 is 45.2 Å². The van der Waals surface area contributed by atoms with E-state index in [0.29, 0.717) is 9.99 Å². The molecule has 0 aromatic heterocycles. The Hall–Kier alpha value is -1.40. The van der Waals surface area contributed by atoms with Crippen molar-refractivity contribution >= 4 is 57.1 Å². The third-order valence-corrected chi connectivity index (χ3v) is 6.57. The highest BCUT2D eigenvalue weighted by molar-refractivity contribution is 14.1. The Balaban J connectivity index is 1.52. The molecular weight excluding hydrogens is 612 g/mol. The summed E-state index contributed by atoms with van der Waals surface area (Å²) < 4.78 is 12.6. The minimum Gasteiger partial charge on any atom is -0.506 e. The summed E-state index contributed by atoms with van der Waals surface area (Å²) in [6, 6.07) is 13.3. The number of phenolic OH excluding ortho intramolecular Hbond substituents is 1. The van der Waals surface area contributed by atoms with Crippen LogP contribution in [0.5, 0.6) is 5.75 Å². The molecule has 2 aromatic carbocycles. The average molecular weight is 636 g/mol. The standard InChI is InChI=1S/C22H23I2NO5/c23-16-13-17(20(27)18(24)14-16)21(28)29-12-4-7-19(26)30-22(8-10-25-11-9-22)15-5-2-1-3-6-15/h1-3,5-6,13-14,25,27H,4,7-12H2/p+1. The van der Waals surface area contributed by atoms with Gasteiger partial charge in [-0.25, -0.2) is 4.79 Å². The Kier molecular flexibility index (Phi) is 8.35. The van der Waals surface area contributed by atoms with Gasteiger partial charge in [0.1, 0.15) is 16.9 Å². The van der Waals surface area contributed by atoms with Crippen LogP contribution in [0.4, 0.5) is 0 Å². The van der Waals surface area contributed by atoms with Gasteiger partial charge in [0.25, 0.3) is 0 Å². The van der Waals surface area contributed by atoms with Crippen molar-refractivity contribution in [1.82, 2.24) is 0 Å². The van der Waals surface area contributed by atoms with E-state index < -0.39 is 11.6 Å². The summed E-state index contributed by atoms with van der Waals surface area (Å²) in [5, 5.41) is 12.3. The summed E-state index contributed by atoms with van der Waals surface area (Å²) in [6.45, 7) is 1.91. The SMILES string of the molecule is O=C(CCCOC(=O)c1cc(I)cc(I)c1O)OC1(c2ccccc2)CC[NH2+]CC1. The van der Waals surface area contributed by atoms with Crippen LogP contribution in [0.2, 0.25) is 0 Å². The zero-order valence-electron chi connectivity index (χ0n) is 16.4. The molecule has 0 saturated carbocycles. The Morgan fingerprint density at radius 2 is 1.80 bits per heavy atom. The van der Waals surface area contributed by atoms with Crippen molar-refractivity contribution in [2.45, 2.75) is 31.3 Å². The quantitative estimate of drug-likeness (QED) is 0.277. The lowest BCUT2D eigenvalue weighted by molar-refractivity contribution is -0.668. The average Bonchev–Trinajstić information content (AvgIpc) is 2.75. The summed E-state index contributed by atoms with van der Waals surface area (Å²) in [5.74, 6) is -0.969. The topological polar surface area (TPSA) is 89.4 Å². The first-order valence-corrected chi connectivity index (χ1v) is 12.0. The van der Waals surface area contributed by atoms with Gasteiger partial charge in [-0.2, -0.15) is 0 Å². The molecule has 160 valence electrons. The van der Waals surface area contributed by atoms with Crippen LogP contribution in [0.3, 0.4) is 0 Å². The number of hydrogen-bond acceptors (Lipinski definition) is 5. The second-order valence-corrected chi connectivity index (χ2v) is 9.63. The van der Waals surface area contributed by atoms with E-state index in [0.717, 1.165) is 35.1 Å². The molecule has 1 aliphatic heterocycles. The molecule has 1 aliphatic rings. The van der Waals surface area contributed by atoms with Gasteiger partial charge in [-0.15, -0.1) is 0 Å². The second-order valence-electron chi connectivity index (χ2n) is 7.22. The van der Waals surface area contributed by atoms with Crippen LogP contribution in [0.15, 0.2) is 42.5 Å². The predicted octanol–water partition coefficient (Wildman–Crippen LogP) is 3.33. The first-order chi connectivity index (χ1) is 14.4. The van der Waals surface area contributed by atoms with E-state index >= 15 is 0 Å². The van der Waals surface area contributed by atoms with Crippen molar-refractivity contribution in [2.24, 2.45) is 0 Å². The number of hydrogen-bond donors (Lipinski definition) is 2. The number of piperidine rings is 1. The van der Waals surface area contributed by atoms with Crippen LogP contribution in [-0.4, -0.2) is 36.7 Å². The molecule has 8 heteroatoms. The number of phenols is 1. The molecule has 1 heterocycles. The third kappa shape index (κ3) is 5.85. The van der Waals surface area contributed by atoms with Crippen LogP contribution in [0, 0.1) is 7.14 Å². The maximum atomic E-state index is 12.5. The van der Waals surface area contributed by atoms with Gasteiger partial charge in [-0.1, -0.05) is 30.3 Å². The van der Waals surface area contributed by atoms with Gasteiger partial charge in [0, 0.05) is 22.8 Å². The fraction of sp³-hybridized carbons (Fsp3) is 0.364. The van der Waals surface area contributed by atoms with Crippen molar-refractivity contribution < 1.29 is 29.5 Å². The monoisotopic (exact) mass is 636 g/mol. The fourth-order valence-corrected chi connectivity index (χ4v) is 5.43. The number of nitrogens with two attached hydrogens (primary N) is 1. The minimum atomic E-state index is -0.596. The first kappa shape index (κ1) is 23.3.